The molecule has 1 N–H and O–H groups in total. The van der Waals surface area contributed by atoms with Crippen LogP contribution in [-0.2, 0) is 16.4 Å². The fourth-order valence-corrected chi connectivity index (χ4v) is 5.51. The van der Waals surface area contributed by atoms with E-state index in [0.717, 1.165) is 19.3 Å². The molecule has 0 aromatic heterocycles. The first kappa shape index (κ1) is 19.2. The van der Waals surface area contributed by atoms with E-state index in [1.165, 1.54) is 31.4 Å². The summed E-state index contributed by atoms with van der Waals surface area (Å²) in [6.45, 7) is 0.375. The third-order valence-electron chi connectivity index (χ3n) is 4.74. The lowest BCUT2D eigenvalue weighted by atomic mass is 9.83. The van der Waals surface area contributed by atoms with Crippen molar-refractivity contribution in [1.29, 1.82) is 0 Å². The van der Waals surface area contributed by atoms with Crippen molar-refractivity contribution in [3.63, 3.8) is 0 Å². The Balaban J connectivity index is 1.83. The standard InChI is InChI=1S/C19H22BrNO4S/c1-24-17-10-16(20)19(11-18(17)25-2)26(22,23)21-12-14-8-5-7-13-6-3-4-9-15(13)14/h3-4,6,9-11,14,21H,5,7-8,12H2,1-2H3. The van der Waals surface area contributed by atoms with Crippen LogP contribution in [0.25, 0.3) is 0 Å². The van der Waals surface area contributed by atoms with Crippen LogP contribution in [0.3, 0.4) is 0 Å². The van der Waals surface area contributed by atoms with E-state index in [-0.39, 0.29) is 10.8 Å². The zero-order chi connectivity index (χ0) is 18.7. The van der Waals surface area contributed by atoms with Gasteiger partial charge in [-0.1, -0.05) is 24.3 Å². The maximum atomic E-state index is 12.8. The number of fused-ring (bicyclic) bond motifs is 1. The molecule has 0 fully saturated rings. The van der Waals surface area contributed by atoms with Gasteiger partial charge in [0, 0.05) is 17.1 Å². The van der Waals surface area contributed by atoms with E-state index < -0.39 is 10.0 Å². The first-order valence-electron chi connectivity index (χ1n) is 8.45. The Morgan fingerprint density at radius 1 is 1.15 bits per heavy atom. The lowest BCUT2D eigenvalue weighted by Gasteiger charge is -2.25. The highest BCUT2D eigenvalue weighted by Crippen LogP contribution is 2.36. The van der Waals surface area contributed by atoms with Crippen LogP contribution in [0.1, 0.15) is 29.9 Å². The summed E-state index contributed by atoms with van der Waals surface area (Å²) < 4.78 is 39.3. The van der Waals surface area contributed by atoms with E-state index in [1.807, 2.05) is 12.1 Å². The molecule has 0 aliphatic heterocycles. The second-order valence-corrected chi connectivity index (χ2v) is 8.87. The molecule has 140 valence electrons. The molecule has 2 aromatic carbocycles. The molecule has 3 rings (SSSR count). The summed E-state index contributed by atoms with van der Waals surface area (Å²) in [5.41, 5.74) is 2.56. The molecule has 5 nitrogen and oxygen atoms in total. The molecular formula is C19H22BrNO4S. The van der Waals surface area contributed by atoms with E-state index in [2.05, 4.69) is 32.8 Å². The maximum absolute atomic E-state index is 12.8. The van der Waals surface area contributed by atoms with Gasteiger partial charge in [-0.15, -0.1) is 0 Å². The lowest BCUT2D eigenvalue weighted by Crippen LogP contribution is -2.30. The Morgan fingerprint density at radius 2 is 1.85 bits per heavy atom. The Labute approximate surface area is 162 Å². The average molecular weight is 440 g/mol. The molecule has 0 radical (unpaired) electrons. The maximum Gasteiger partial charge on any atom is 0.241 e. The number of aryl methyl sites for hydroxylation is 1. The van der Waals surface area contributed by atoms with Crippen LogP contribution < -0.4 is 14.2 Å². The van der Waals surface area contributed by atoms with Crippen LogP contribution >= 0.6 is 15.9 Å². The quantitative estimate of drug-likeness (QED) is 0.741. The Kier molecular flexibility index (Phi) is 5.89. The summed E-state index contributed by atoms with van der Waals surface area (Å²) in [5.74, 6) is 1.03. The van der Waals surface area contributed by atoms with Crippen molar-refractivity contribution >= 4 is 26.0 Å². The van der Waals surface area contributed by atoms with Crippen molar-refractivity contribution in [2.45, 2.75) is 30.1 Å². The molecule has 1 aliphatic rings. The lowest BCUT2D eigenvalue weighted by molar-refractivity contribution is 0.353. The van der Waals surface area contributed by atoms with Crippen molar-refractivity contribution in [1.82, 2.24) is 4.72 Å². The van der Waals surface area contributed by atoms with E-state index in [9.17, 15) is 8.42 Å². The predicted molar refractivity (Wildman–Crippen MR) is 105 cm³/mol. The highest BCUT2D eigenvalue weighted by atomic mass is 79.9. The molecule has 7 heteroatoms. The summed E-state index contributed by atoms with van der Waals surface area (Å²) in [6.07, 6.45) is 3.11. The molecule has 0 saturated carbocycles. The highest BCUT2D eigenvalue weighted by Gasteiger charge is 2.25. The number of hydrogen-bond donors (Lipinski definition) is 1. The van der Waals surface area contributed by atoms with Gasteiger partial charge >= 0.3 is 0 Å². The predicted octanol–water partition coefficient (Wildman–Crippen LogP) is 3.86. The van der Waals surface area contributed by atoms with E-state index >= 15 is 0 Å². The fourth-order valence-electron chi connectivity index (χ4n) is 3.40. The van der Waals surface area contributed by atoms with Crippen LogP contribution in [-0.4, -0.2) is 29.2 Å². The number of nitrogens with one attached hydrogen (secondary N) is 1. The summed E-state index contributed by atoms with van der Waals surface area (Å²) in [4.78, 5) is 0.138. The first-order chi connectivity index (χ1) is 12.5. The van der Waals surface area contributed by atoms with Gasteiger partial charge in [0.15, 0.2) is 11.5 Å². The number of ether oxygens (including phenoxy) is 2. The van der Waals surface area contributed by atoms with Crippen LogP contribution in [0, 0.1) is 0 Å². The minimum atomic E-state index is -3.68. The minimum absolute atomic E-state index is 0.138. The molecule has 1 atom stereocenters. The Hall–Kier alpha value is -1.57. The van der Waals surface area contributed by atoms with Crippen molar-refractivity contribution in [2.24, 2.45) is 0 Å². The second-order valence-electron chi connectivity index (χ2n) is 6.28. The van der Waals surface area contributed by atoms with Crippen LogP contribution in [0.15, 0.2) is 45.8 Å². The van der Waals surface area contributed by atoms with Gasteiger partial charge in [-0.2, -0.15) is 0 Å². The number of hydrogen-bond acceptors (Lipinski definition) is 4. The van der Waals surface area contributed by atoms with Gasteiger partial charge < -0.3 is 9.47 Å². The van der Waals surface area contributed by atoms with Gasteiger partial charge in [0.1, 0.15) is 4.90 Å². The second kappa shape index (κ2) is 7.98. The normalized spacial score (nSPS) is 16.8. The van der Waals surface area contributed by atoms with Gasteiger partial charge in [0.05, 0.1) is 14.2 Å². The van der Waals surface area contributed by atoms with Gasteiger partial charge in [-0.25, -0.2) is 13.1 Å². The molecule has 1 unspecified atom stereocenters. The zero-order valence-corrected chi connectivity index (χ0v) is 17.2. The van der Waals surface area contributed by atoms with Gasteiger partial charge in [0.25, 0.3) is 0 Å². The first-order valence-corrected chi connectivity index (χ1v) is 10.7. The molecular weight excluding hydrogens is 418 g/mol. The minimum Gasteiger partial charge on any atom is -0.493 e. The molecule has 1 aliphatic carbocycles. The molecule has 0 heterocycles. The number of methoxy groups -OCH3 is 2. The van der Waals surface area contributed by atoms with Crippen LogP contribution in [0.4, 0.5) is 0 Å². The van der Waals surface area contributed by atoms with Crippen molar-refractivity contribution in [2.75, 3.05) is 20.8 Å². The number of halogens is 1. The Bertz CT molecular complexity index is 898. The van der Waals surface area contributed by atoms with Gasteiger partial charge in [-0.05, 0) is 58.3 Å². The third kappa shape index (κ3) is 3.89. The summed E-state index contributed by atoms with van der Waals surface area (Å²) in [6, 6.07) is 11.3. The number of benzene rings is 2. The number of sulfonamides is 1. The molecule has 0 saturated heterocycles. The topological polar surface area (TPSA) is 64.6 Å². The fraction of sp³-hybridized carbons (Fsp3) is 0.368. The summed E-state index contributed by atoms with van der Waals surface area (Å²) >= 11 is 3.32. The monoisotopic (exact) mass is 439 g/mol. The van der Waals surface area contributed by atoms with Crippen molar-refractivity contribution in [3.8, 4) is 11.5 Å². The molecule has 0 amide bonds. The Morgan fingerprint density at radius 3 is 2.58 bits per heavy atom. The highest BCUT2D eigenvalue weighted by molar-refractivity contribution is 9.10. The smallest absolute Gasteiger partial charge is 0.241 e. The molecule has 26 heavy (non-hydrogen) atoms. The van der Waals surface area contributed by atoms with E-state index in [0.29, 0.717) is 22.5 Å². The van der Waals surface area contributed by atoms with Crippen molar-refractivity contribution < 1.29 is 17.9 Å². The van der Waals surface area contributed by atoms with Crippen LogP contribution in [0.5, 0.6) is 11.5 Å². The molecule has 2 aromatic rings. The van der Waals surface area contributed by atoms with Gasteiger partial charge in [-0.3, -0.25) is 0 Å². The number of rotatable bonds is 6. The van der Waals surface area contributed by atoms with Crippen LogP contribution in [0.2, 0.25) is 0 Å². The third-order valence-corrected chi connectivity index (χ3v) is 7.12. The average Bonchev–Trinajstić information content (AvgIpc) is 2.65. The molecule has 0 bridgehead atoms. The van der Waals surface area contributed by atoms with E-state index in [1.54, 1.807) is 6.07 Å². The zero-order valence-electron chi connectivity index (χ0n) is 14.8. The largest absolute Gasteiger partial charge is 0.493 e. The SMILES string of the molecule is COc1cc(Br)c(S(=O)(=O)NCC2CCCc3ccccc32)cc1OC. The van der Waals surface area contributed by atoms with Crippen molar-refractivity contribution in [3.05, 3.63) is 52.0 Å². The molecule has 0 spiro atoms. The summed E-state index contributed by atoms with van der Waals surface area (Å²) in [5, 5.41) is 0. The van der Waals surface area contributed by atoms with E-state index in [4.69, 9.17) is 9.47 Å². The summed E-state index contributed by atoms with van der Waals surface area (Å²) in [7, 11) is -0.691. The van der Waals surface area contributed by atoms with Gasteiger partial charge in [0.2, 0.25) is 10.0 Å².